The van der Waals surface area contributed by atoms with Gasteiger partial charge in [-0.25, -0.2) is 0 Å². The number of ether oxygens (including phenoxy) is 3. The molecule has 0 aromatic carbocycles. The van der Waals surface area contributed by atoms with E-state index >= 15 is 0 Å². The van der Waals surface area contributed by atoms with Crippen LogP contribution in [0.2, 0.25) is 0 Å². The zero-order valence-corrected chi connectivity index (χ0v) is 11.0. The van der Waals surface area contributed by atoms with Gasteiger partial charge in [0.2, 0.25) is 0 Å². The predicted octanol–water partition coefficient (Wildman–Crippen LogP) is 2.41. The van der Waals surface area contributed by atoms with E-state index in [0.29, 0.717) is 32.7 Å². The Bertz CT molecular complexity index is 207. The summed E-state index contributed by atoms with van der Waals surface area (Å²) in [6.45, 7) is 11.9. The van der Waals surface area contributed by atoms with E-state index in [-0.39, 0.29) is 6.61 Å². The van der Waals surface area contributed by atoms with Crippen LogP contribution >= 0.6 is 0 Å². The van der Waals surface area contributed by atoms with Crippen molar-refractivity contribution < 1.29 is 19.3 Å². The molecule has 0 aliphatic carbocycles. The van der Waals surface area contributed by atoms with Gasteiger partial charge in [0, 0.05) is 13.0 Å². The topological polar surface area (TPSA) is 47.9 Å². The van der Waals surface area contributed by atoms with Crippen molar-refractivity contribution in [3.63, 3.8) is 0 Å². The molecule has 0 bridgehead atoms. The van der Waals surface area contributed by atoms with Crippen LogP contribution in [-0.2, 0) is 14.2 Å². The van der Waals surface area contributed by atoms with Crippen molar-refractivity contribution in [1.82, 2.24) is 0 Å². The lowest BCUT2D eigenvalue weighted by molar-refractivity contribution is -0.373. The molecule has 1 N–H and O–H groups in total. The lowest BCUT2D eigenvalue weighted by Gasteiger charge is -2.32. The van der Waals surface area contributed by atoms with E-state index in [1.807, 2.05) is 0 Å². The molecule has 0 radical (unpaired) electrons. The molecule has 18 heavy (non-hydrogen) atoms. The van der Waals surface area contributed by atoms with Crippen LogP contribution in [0, 0.1) is 0 Å². The molecule has 0 aromatic heterocycles. The summed E-state index contributed by atoms with van der Waals surface area (Å²) in [5.41, 5.74) is 0. The maximum absolute atomic E-state index is 8.82. The number of rotatable bonds is 13. The van der Waals surface area contributed by atoms with Gasteiger partial charge in [0.25, 0.3) is 5.97 Å². The molecular weight excluding hydrogens is 232 g/mol. The van der Waals surface area contributed by atoms with Crippen LogP contribution in [0.4, 0.5) is 0 Å². The second-order valence-corrected chi connectivity index (χ2v) is 3.66. The highest BCUT2D eigenvalue weighted by molar-refractivity contribution is 4.73. The van der Waals surface area contributed by atoms with E-state index in [4.69, 9.17) is 19.3 Å². The van der Waals surface area contributed by atoms with Crippen molar-refractivity contribution in [2.24, 2.45) is 0 Å². The Morgan fingerprint density at radius 2 is 1.28 bits per heavy atom. The summed E-state index contributed by atoms with van der Waals surface area (Å²) in [6, 6.07) is 0. The predicted molar refractivity (Wildman–Crippen MR) is 72.1 cm³/mol. The first kappa shape index (κ1) is 17.1. The van der Waals surface area contributed by atoms with E-state index < -0.39 is 5.97 Å². The number of hydrogen-bond acceptors (Lipinski definition) is 4. The standard InChI is InChI=1S/C14H24O4/c1-4-11-16-14(17-12-5-2,18-13-6-3)9-7-8-10-15/h4-6,15H,1-3,7-13H2. The second-order valence-electron chi connectivity index (χ2n) is 3.66. The highest BCUT2D eigenvalue weighted by atomic mass is 16.9. The van der Waals surface area contributed by atoms with Gasteiger partial charge in [-0.15, -0.1) is 19.7 Å². The van der Waals surface area contributed by atoms with Crippen LogP contribution < -0.4 is 0 Å². The van der Waals surface area contributed by atoms with Crippen LogP contribution in [-0.4, -0.2) is 37.5 Å². The summed E-state index contributed by atoms with van der Waals surface area (Å²) >= 11 is 0. The maximum atomic E-state index is 8.82. The van der Waals surface area contributed by atoms with E-state index in [1.165, 1.54) is 0 Å². The third-order valence-corrected chi connectivity index (χ3v) is 2.15. The molecule has 4 heteroatoms. The van der Waals surface area contributed by atoms with Gasteiger partial charge in [-0.2, -0.15) is 0 Å². The molecule has 0 aromatic rings. The van der Waals surface area contributed by atoms with Crippen molar-refractivity contribution in [2.75, 3.05) is 26.4 Å². The zero-order chi connectivity index (χ0) is 13.7. The molecule has 0 fully saturated rings. The van der Waals surface area contributed by atoms with Gasteiger partial charge in [0.15, 0.2) is 0 Å². The van der Waals surface area contributed by atoms with Crippen LogP contribution in [0.3, 0.4) is 0 Å². The maximum Gasteiger partial charge on any atom is 0.283 e. The van der Waals surface area contributed by atoms with Crippen molar-refractivity contribution in [2.45, 2.75) is 25.2 Å². The van der Waals surface area contributed by atoms with E-state index in [2.05, 4.69) is 19.7 Å². The Morgan fingerprint density at radius 3 is 1.61 bits per heavy atom. The Kier molecular flexibility index (Phi) is 10.6. The van der Waals surface area contributed by atoms with Gasteiger partial charge in [0.1, 0.15) is 0 Å². The minimum absolute atomic E-state index is 0.139. The molecule has 0 saturated heterocycles. The smallest absolute Gasteiger partial charge is 0.283 e. The molecule has 0 atom stereocenters. The first-order chi connectivity index (χ1) is 8.74. The molecule has 0 heterocycles. The van der Waals surface area contributed by atoms with Crippen molar-refractivity contribution in [3.05, 3.63) is 38.0 Å². The number of hydrogen-bond donors (Lipinski definition) is 1. The molecule has 0 amide bonds. The van der Waals surface area contributed by atoms with Crippen molar-refractivity contribution in [3.8, 4) is 0 Å². The Morgan fingerprint density at radius 1 is 0.833 bits per heavy atom. The second kappa shape index (κ2) is 11.2. The van der Waals surface area contributed by atoms with Gasteiger partial charge >= 0.3 is 0 Å². The van der Waals surface area contributed by atoms with Crippen LogP contribution in [0.1, 0.15) is 19.3 Å². The summed E-state index contributed by atoms with van der Waals surface area (Å²) in [4.78, 5) is 0. The third kappa shape index (κ3) is 7.40. The fourth-order valence-electron chi connectivity index (χ4n) is 1.35. The summed E-state index contributed by atoms with van der Waals surface area (Å²) in [5, 5.41) is 8.82. The molecule has 0 aliphatic rings. The first-order valence-electron chi connectivity index (χ1n) is 6.10. The van der Waals surface area contributed by atoms with Crippen LogP contribution in [0.15, 0.2) is 38.0 Å². The molecule has 4 nitrogen and oxygen atoms in total. The van der Waals surface area contributed by atoms with E-state index in [1.54, 1.807) is 18.2 Å². The fraction of sp³-hybridized carbons (Fsp3) is 0.571. The summed E-state index contributed by atoms with van der Waals surface area (Å²) in [5.74, 6) is -1.12. The summed E-state index contributed by atoms with van der Waals surface area (Å²) in [6.07, 6.45) is 6.85. The molecule has 0 unspecified atom stereocenters. The Hall–Kier alpha value is -0.940. The minimum Gasteiger partial charge on any atom is -0.396 e. The molecule has 0 rings (SSSR count). The highest BCUT2D eigenvalue weighted by Crippen LogP contribution is 2.23. The lowest BCUT2D eigenvalue weighted by Crippen LogP contribution is -2.39. The quantitative estimate of drug-likeness (QED) is 0.312. The average molecular weight is 256 g/mol. The minimum atomic E-state index is -1.12. The van der Waals surface area contributed by atoms with E-state index in [9.17, 15) is 0 Å². The summed E-state index contributed by atoms with van der Waals surface area (Å²) in [7, 11) is 0. The third-order valence-electron chi connectivity index (χ3n) is 2.15. The van der Waals surface area contributed by atoms with E-state index in [0.717, 1.165) is 6.42 Å². The monoisotopic (exact) mass is 256 g/mol. The first-order valence-corrected chi connectivity index (χ1v) is 6.10. The fourth-order valence-corrected chi connectivity index (χ4v) is 1.35. The number of aliphatic hydroxyl groups is 1. The molecule has 104 valence electrons. The zero-order valence-electron chi connectivity index (χ0n) is 11.0. The lowest BCUT2D eigenvalue weighted by atomic mass is 10.2. The highest BCUT2D eigenvalue weighted by Gasteiger charge is 2.32. The van der Waals surface area contributed by atoms with Crippen LogP contribution in [0.25, 0.3) is 0 Å². The normalized spacial score (nSPS) is 11.2. The molecule has 0 saturated carbocycles. The summed E-state index contributed by atoms with van der Waals surface area (Å²) < 4.78 is 16.8. The van der Waals surface area contributed by atoms with Crippen molar-refractivity contribution in [1.29, 1.82) is 0 Å². The number of unbranched alkanes of at least 4 members (excludes halogenated alkanes) is 1. The average Bonchev–Trinajstić information content (AvgIpc) is 2.40. The Balaban J connectivity index is 4.54. The van der Waals surface area contributed by atoms with Crippen molar-refractivity contribution >= 4 is 0 Å². The van der Waals surface area contributed by atoms with Gasteiger partial charge in [-0.05, 0) is 12.8 Å². The number of aliphatic hydroxyl groups excluding tert-OH is 1. The van der Waals surface area contributed by atoms with Gasteiger partial charge in [-0.3, -0.25) is 0 Å². The van der Waals surface area contributed by atoms with Gasteiger partial charge < -0.3 is 19.3 Å². The molecule has 0 aliphatic heterocycles. The molecule has 0 spiro atoms. The van der Waals surface area contributed by atoms with Gasteiger partial charge in [-0.1, -0.05) is 18.2 Å². The SMILES string of the molecule is C=CCOC(CCCCO)(OCC=C)OCC=C. The molecular formula is C14H24O4. The van der Waals surface area contributed by atoms with Gasteiger partial charge in [0.05, 0.1) is 19.8 Å². The Labute approximate surface area is 110 Å². The van der Waals surface area contributed by atoms with Crippen LogP contribution in [0.5, 0.6) is 0 Å². The largest absolute Gasteiger partial charge is 0.396 e.